The number of amides is 1. The first-order chi connectivity index (χ1) is 12.0. The summed E-state index contributed by atoms with van der Waals surface area (Å²) in [5, 5.41) is 9.08. The van der Waals surface area contributed by atoms with Gasteiger partial charge in [-0.15, -0.1) is 11.3 Å². The lowest BCUT2D eigenvalue weighted by Crippen LogP contribution is -2.48. The number of aliphatic carboxylic acids is 1. The minimum atomic E-state index is -1.04. The number of carboxylic acids is 1. The van der Waals surface area contributed by atoms with E-state index in [2.05, 4.69) is 0 Å². The van der Waals surface area contributed by atoms with Crippen molar-refractivity contribution in [1.29, 1.82) is 0 Å². The van der Waals surface area contributed by atoms with Crippen LogP contribution in [0.2, 0.25) is 0 Å². The number of ether oxygens (including phenoxy) is 2. The molecule has 0 spiro atoms. The van der Waals surface area contributed by atoms with Gasteiger partial charge in [-0.1, -0.05) is 12.1 Å². The molecular weight excluding hydrogens is 342 g/mol. The second-order valence-electron chi connectivity index (χ2n) is 5.76. The van der Waals surface area contributed by atoms with E-state index in [1.54, 1.807) is 12.0 Å². The summed E-state index contributed by atoms with van der Waals surface area (Å²) in [4.78, 5) is 27.0. The van der Waals surface area contributed by atoms with Crippen LogP contribution in [-0.2, 0) is 9.53 Å². The van der Waals surface area contributed by atoms with E-state index in [0.717, 1.165) is 21.8 Å². The average Bonchev–Trinajstić information content (AvgIpc) is 3.03. The highest BCUT2D eigenvalue weighted by Crippen LogP contribution is 2.32. The lowest BCUT2D eigenvalue weighted by atomic mass is 10.1. The zero-order valence-corrected chi connectivity index (χ0v) is 14.8. The minimum Gasteiger partial charge on any atom is -0.497 e. The van der Waals surface area contributed by atoms with E-state index in [4.69, 9.17) is 14.6 Å². The maximum atomic E-state index is 12.7. The van der Waals surface area contributed by atoms with Gasteiger partial charge in [0.15, 0.2) is 6.10 Å². The van der Waals surface area contributed by atoms with Crippen LogP contribution in [0, 0.1) is 6.92 Å². The van der Waals surface area contributed by atoms with Gasteiger partial charge in [-0.3, -0.25) is 4.79 Å². The molecule has 0 saturated carbocycles. The van der Waals surface area contributed by atoms with Crippen LogP contribution in [0.15, 0.2) is 30.3 Å². The first-order valence-electron chi connectivity index (χ1n) is 7.88. The normalized spacial score (nSPS) is 17.4. The number of aryl methyl sites for hydroxylation is 1. The molecule has 2 heterocycles. The van der Waals surface area contributed by atoms with Crippen LogP contribution < -0.4 is 4.74 Å². The van der Waals surface area contributed by atoms with Gasteiger partial charge in [0.25, 0.3) is 5.91 Å². The predicted molar refractivity (Wildman–Crippen MR) is 94.3 cm³/mol. The van der Waals surface area contributed by atoms with E-state index in [9.17, 15) is 9.59 Å². The van der Waals surface area contributed by atoms with Crippen LogP contribution in [0.5, 0.6) is 5.75 Å². The molecule has 1 atom stereocenters. The van der Waals surface area contributed by atoms with Crippen molar-refractivity contribution in [2.45, 2.75) is 13.0 Å². The molecule has 2 aromatic rings. The first-order valence-corrected chi connectivity index (χ1v) is 8.70. The fourth-order valence-electron chi connectivity index (χ4n) is 2.78. The smallest absolute Gasteiger partial charge is 0.334 e. The van der Waals surface area contributed by atoms with E-state index >= 15 is 0 Å². The van der Waals surface area contributed by atoms with E-state index in [1.165, 1.54) is 11.3 Å². The number of nitrogens with zero attached hydrogens (tertiary/aromatic N) is 1. The molecule has 0 radical (unpaired) electrons. The summed E-state index contributed by atoms with van der Waals surface area (Å²) in [6.45, 7) is 2.68. The molecule has 0 aliphatic carbocycles. The number of rotatable bonds is 4. The number of morpholine rings is 1. The van der Waals surface area contributed by atoms with Crippen LogP contribution in [0.25, 0.3) is 11.1 Å². The van der Waals surface area contributed by atoms with Crippen molar-refractivity contribution in [2.75, 3.05) is 26.8 Å². The van der Waals surface area contributed by atoms with E-state index in [1.807, 2.05) is 37.3 Å². The third kappa shape index (κ3) is 3.67. The van der Waals surface area contributed by atoms with Gasteiger partial charge in [-0.25, -0.2) is 4.79 Å². The summed E-state index contributed by atoms with van der Waals surface area (Å²) < 4.78 is 10.3. The molecule has 7 heteroatoms. The largest absolute Gasteiger partial charge is 0.497 e. The van der Waals surface area contributed by atoms with Crippen LogP contribution in [0.1, 0.15) is 14.5 Å². The molecule has 1 N–H and O–H groups in total. The SMILES string of the molecule is COc1ccc(-c2cc(C(=O)N3CCOC(C(=O)O)C3)sc2C)cc1. The molecule has 6 nitrogen and oxygen atoms in total. The van der Waals surface area contributed by atoms with Crippen molar-refractivity contribution in [3.8, 4) is 16.9 Å². The summed E-state index contributed by atoms with van der Waals surface area (Å²) in [6, 6.07) is 9.55. The highest BCUT2D eigenvalue weighted by Gasteiger charge is 2.30. The fraction of sp³-hybridized carbons (Fsp3) is 0.333. The number of hydrogen-bond donors (Lipinski definition) is 1. The van der Waals surface area contributed by atoms with Crippen LogP contribution in [0.4, 0.5) is 0 Å². The number of carbonyl (C=O) groups excluding carboxylic acids is 1. The molecule has 1 aromatic heterocycles. The Bertz CT molecular complexity index is 783. The molecule has 1 unspecified atom stereocenters. The Morgan fingerprint density at radius 3 is 2.68 bits per heavy atom. The van der Waals surface area contributed by atoms with Crippen LogP contribution in [-0.4, -0.2) is 54.8 Å². The standard InChI is InChI=1S/C18H19NO5S/c1-11-14(12-3-5-13(23-2)6-4-12)9-16(25-11)17(20)19-7-8-24-15(10-19)18(21)22/h3-6,9,15H,7-8,10H2,1-2H3,(H,21,22). The molecule has 25 heavy (non-hydrogen) atoms. The number of hydrogen-bond acceptors (Lipinski definition) is 5. The van der Waals surface area contributed by atoms with Crippen molar-refractivity contribution in [3.63, 3.8) is 0 Å². The Morgan fingerprint density at radius 1 is 1.32 bits per heavy atom. The lowest BCUT2D eigenvalue weighted by molar-refractivity contribution is -0.154. The van der Waals surface area contributed by atoms with Gasteiger partial charge in [0.05, 0.1) is 25.1 Å². The number of methoxy groups -OCH3 is 1. The third-order valence-electron chi connectivity index (χ3n) is 4.16. The minimum absolute atomic E-state index is 0.0724. The Morgan fingerprint density at radius 2 is 2.04 bits per heavy atom. The van der Waals surface area contributed by atoms with Gasteiger partial charge in [0.2, 0.25) is 0 Å². The maximum absolute atomic E-state index is 12.7. The summed E-state index contributed by atoms with van der Waals surface area (Å²) in [5.74, 6) is -0.415. The zero-order chi connectivity index (χ0) is 18.0. The Labute approximate surface area is 149 Å². The Kier molecular flexibility index (Phi) is 5.06. The number of carboxylic acid groups (broad SMARTS) is 1. The van der Waals surface area contributed by atoms with Gasteiger partial charge in [-0.05, 0) is 36.2 Å². The molecule has 1 saturated heterocycles. The monoisotopic (exact) mass is 361 g/mol. The van der Waals surface area contributed by atoms with E-state index in [0.29, 0.717) is 11.4 Å². The molecule has 132 valence electrons. The zero-order valence-electron chi connectivity index (χ0n) is 14.0. The summed E-state index contributed by atoms with van der Waals surface area (Å²) in [7, 11) is 1.62. The highest BCUT2D eigenvalue weighted by atomic mass is 32.1. The fourth-order valence-corrected chi connectivity index (χ4v) is 3.79. The molecule has 3 rings (SSSR count). The molecule has 1 aliphatic heterocycles. The molecular formula is C18H19NO5S. The number of benzene rings is 1. The summed E-state index contributed by atoms with van der Waals surface area (Å²) in [5.41, 5.74) is 2.01. The van der Waals surface area contributed by atoms with E-state index < -0.39 is 12.1 Å². The number of thiophene rings is 1. The summed E-state index contributed by atoms with van der Waals surface area (Å²) >= 11 is 1.42. The van der Waals surface area contributed by atoms with Crippen molar-refractivity contribution in [1.82, 2.24) is 4.90 Å². The second-order valence-corrected chi connectivity index (χ2v) is 7.01. The Balaban J connectivity index is 1.81. The van der Waals surface area contributed by atoms with Gasteiger partial charge >= 0.3 is 5.97 Å². The topological polar surface area (TPSA) is 76.1 Å². The van der Waals surface area contributed by atoms with Crippen molar-refractivity contribution < 1.29 is 24.2 Å². The maximum Gasteiger partial charge on any atom is 0.334 e. The quantitative estimate of drug-likeness (QED) is 0.906. The van der Waals surface area contributed by atoms with Gasteiger partial charge in [0, 0.05) is 11.4 Å². The van der Waals surface area contributed by atoms with Crippen LogP contribution >= 0.6 is 11.3 Å². The van der Waals surface area contributed by atoms with Crippen molar-refractivity contribution in [3.05, 3.63) is 40.1 Å². The molecule has 1 amide bonds. The predicted octanol–water partition coefficient (Wildman–Crippen LogP) is 2.66. The average molecular weight is 361 g/mol. The molecule has 1 aromatic carbocycles. The molecule has 0 bridgehead atoms. The van der Waals surface area contributed by atoms with Crippen molar-refractivity contribution >= 4 is 23.2 Å². The molecule has 1 fully saturated rings. The van der Waals surface area contributed by atoms with Gasteiger partial charge in [-0.2, -0.15) is 0 Å². The highest BCUT2D eigenvalue weighted by molar-refractivity contribution is 7.14. The molecule has 1 aliphatic rings. The van der Waals surface area contributed by atoms with Crippen molar-refractivity contribution in [2.24, 2.45) is 0 Å². The van der Waals surface area contributed by atoms with Crippen LogP contribution in [0.3, 0.4) is 0 Å². The Hall–Kier alpha value is -2.38. The summed E-state index contributed by atoms with van der Waals surface area (Å²) in [6.07, 6.45) is -0.959. The van der Waals surface area contributed by atoms with Gasteiger partial charge < -0.3 is 19.5 Å². The van der Waals surface area contributed by atoms with Gasteiger partial charge in [0.1, 0.15) is 5.75 Å². The second kappa shape index (κ2) is 7.25. The third-order valence-corrected chi connectivity index (χ3v) is 5.20. The van der Waals surface area contributed by atoms with E-state index in [-0.39, 0.29) is 19.1 Å². The lowest BCUT2D eigenvalue weighted by Gasteiger charge is -2.30. The number of carbonyl (C=O) groups is 2. The first kappa shape index (κ1) is 17.4.